The van der Waals surface area contributed by atoms with Crippen molar-refractivity contribution in [3.63, 3.8) is 0 Å². The first-order valence-corrected chi connectivity index (χ1v) is 7.45. The van der Waals surface area contributed by atoms with Gasteiger partial charge in [0.05, 0.1) is 18.6 Å². The van der Waals surface area contributed by atoms with Crippen molar-refractivity contribution in [2.24, 2.45) is 17.8 Å². The van der Waals surface area contributed by atoms with Crippen LogP contribution < -0.4 is 5.73 Å². The monoisotopic (exact) mass is 255 g/mol. The quantitative estimate of drug-likeness (QED) is 0.825. The molecule has 1 aromatic heterocycles. The molecule has 3 nitrogen and oxygen atoms in total. The number of hydrogen-bond donors (Lipinski definition) is 1. The smallest absolute Gasteiger partial charge is 0.128 e. The number of rotatable bonds is 2. The summed E-state index contributed by atoms with van der Waals surface area (Å²) in [5, 5.41) is 0. The number of terminal acetylenes is 1. The highest BCUT2D eigenvalue weighted by molar-refractivity contribution is 5.43. The van der Waals surface area contributed by atoms with Gasteiger partial charge in [0, 0.05) is 5.41 Å². The Bertz CT molecular complexity index is 514. The van der Waals surface area contributed by atoms with E-state index < -0.39 is 0 Å². The molecule has 1 aromatic rings. The first-order chi connectivity index (χ1) is 9.20. The highest BCUT2D eigenvalue weighted by atomic mass is 15.1. The first-order valence-electron chi connectivity index (χ1n) is 7.45. The molecule has 4 saturated carbocycles. The maximum Gasteiger partial charge on any atom is 0.128 e. The van der Waals surface area contributed by atoms with Gasteiger partial charge >= 0.3 is 0 Å². The molecular formula is C16H21N3. The molecule has 1 heterocycles. The number of hydrogen-bond acceptors (Lipinski definition) is 2. The van der Waals surface area contributed by atoms with Gasteiger partial charge in [0.2, 0.25) is 0 Å². The summed E-state index contributed by atoms with van der Waals surface area (Å²) < 4.78 is 1.92. The second kappa shape index (κ2) is 3.79. The molecule has 4 fully saturated rings. The van der Waals surface area contributed by atoms with E-state index in [2.05, 4.69) is 10.9 Å². The number of aromatic nitrogens is 2. The van der Waals surface area contributed by atoms with Gasteiger partial charge in [0.25, 0.3) is 0 Å². The van der Waals surface area contributed by atoms with E-state index in [1.807, 2.05) is 10.9 Å². The van der Waals surface area contributed by atoms with E-state index in [4.69, 9.17) is 12.2 Å². The number of imidazole rings is 1. The Morgan fingerprint density at radius 3 is 2.37 bits per heavy atom. The Hall–Kier alpha value is -1.43. The molecule has 0 unspecified atom stereocenters. The third-order valence-corrected chi connectivity index (χ3v) is 5.68. The molecule has 5 rings (SSSR count). The van der Waals surface area contributed by atoms with Crippen molar-refractivity contribution in [2.75, 3.05) is 5.73 Å². The second-order valence-electron chi connectivity index (χ2n) is 7.01. The van der Waals surface area contributed by atoms with Crippen molar-refractivity contribution >= 4 is 5.82 Å². The van der Waals surface area contributed by atoms with Crippen LogP contribution >= 0.6 is 0 Å². The molecule has 0 amide bonds. The molecule has 3 heteroatoms. The summed E-state index contributed by atoms with van der Waals surface area (Å²) in [6, 6.07) is 0. The zero-order valence-electron chi connectivity index (χ0n) is 11.3. The van der Waals surface area contributed by atoms with E-state index >= 15 is 0 Å². The van der Waals surface area contributed by atoms with Crippen LogP contribution in [0.5, 0.6) is 0 Å². The van der Waals surface area contributed by atoms with E-state index in [1.165, 1.54) is 38.5 Å². The molecular weight excluding hydrogens is 234 g/mol. The Balaban J connectivity index is 1.74. The third kappa shape index (κ3) is 1.55. The van der Waals surface area contributed by atoms with Crippen LogP contribution in [0, 0.1) is 30.1 Å². The van der Waals surface area contributed by atoms with Gasteiger partial charge in [0.15, 0.2) is 0 Å². The van der Waals surface area contributed by atoms with Gasteiger partial charge in [-0.2, -0.15) is 0 Å². The fourth-order valence-electron chi connectivity index (χ4n) is 5.43. The minimum atomic E-state index is 0.276. The lowest BCUT2D eigenvalue weighted by atomic mass is 9.49. The molecule has 4 bridgehead atoms. The summed E-state index contributed by atoms with van der Waals surface area (Å²) in [5.41, 5.74) is 7.75. The SMILES string of the molecule is C#CCn1cnc(C23CC4CC(CC(C4)C2)C3)c1N. The normalized spacial score (nSPS) is 39.4. The molecule has 2 N–H and O–H groups in total. The van der Waals surface area contributed by atoms with Crippen molar-refractivity contribution in [1.29, 1.82) is 0 Å². The second-order valence-corrected chi connectivity index (χ2v) is 7.01. The van der Waals surface area contributed by atoms with Crippen LogP contribution in [-0.2, 0) is 12.0 Å². The maximum absolute atomic E-state index is 6.32. The van der Waals surface area contributed by atoms with E-state index in [0.29, 0.717) is 6.54 Å². The summed E-state index contributed by atoms with van der Waals surface area (Å²) in [6.45, 7) is 0.533. The molecule has 4 aliphatic rings. The van der Waals surface area contributed by atoms with Crippen molar-refractivity contribution in [3.05, 3.63) is 12.0 Å². The average molecular weight is 255 g/mol. The van der Waals surface area contributed by atoms with E-state index in [9.17, 15) is 0 Å². The van der Waals surface area contributed by atoms with E-state index in [0.717, 1.165) is 29.3 Å². The zero-order chi connectivity index (χ0) is 13.0. The Morgan fingerprint density at radius 1 is 1.26 bits per heavy atom. The minimum absolute atomic E-state index is 0.276. The molecule has 0 atom stereocenters. The van der Waals surface area contributed by atoms with Gasteiger partial charge in [-0.1, -0.05) is 5.92 Å². The standard InChI is InChI=1S/C16H21N3/c1-2-3-19-10-18-14(15(19)17)16-7-11-4-12(8-16)6-13(5-11)9-16/h1,10-13H,3-9,17H2. The van der Waals surface area contributed by atoms with Crippen molar-refractivity contribution in [2.45, 2.75) is 50.5 Å². The molecule has 0 saturated heterocycles. The Labute approximate surface area is 114 Å². The van der Waals surface area contributed by atoms with Crippen LogP contribution in [0.1, 0.15) is 44.2 Å². The van der Waals surface area contributed by atoms with Gasteiger partial charge < -0.3 is 10.3 Å². The van der Waals surface area contributed by atoms with Crippen molar-refractivity contribution in [1.82, 2.24) is 9.55 Å². The van der Waals surface area contributed by atoms with Gasteiger partial charge in [0.1, 0.15) is 5.82 Å². The summed E-state index contributed by atoms with van der Waals surface area (Å²) in [6.07, 6.45) is 15.5. The Morgan fingerprint density at radius 2 is 1.84 bits per heavy atom. The highest BCUT2D eigenvalue weighted by Crippen LogP contribution is 2.61. The largest absolute Gasteiger partial charge is 0.384 e. The lowest BCUT2D eigenvalue weighted by molar-refractivity contribution is -0.00667. The fourth-order valence-corrected chi connectivity index (χ4v) is 5.43. The number of nitrogens with zero attached hydrogens (tertiary/aromatic N) is 2. The summed E-state index contributed by atoms with van der Waals surface area (Å²) in [4.78, 5) is 4.67. The lowest BCUT2D eigenvalue weighted by Gasteiger charge is -2.56. The van der Waals surface area contributed by atoms with Crippen molar-refractivity contribution < 1.29 is 0 Å². The van der Waals surface area contributed by atoms with Crippen LogP contribution in [0.4, 0.5) is 5.82 Å². The topological polar surface area (TPSA) is 43.8 Å². The van der Waals surface area contributed by atoms with Gasteiger partial charge in [-0.3, -0.25) is 0 Å². The van der Waals surface area contributed by atoms with Crippen LogP contribution in [0.3, 0.4) is 0 Å². The molecule has 100 valence electrons. The number of nitrogens with two attached hydrogens (primary N) is 1. The Kier molecular flexibility index (Phi) is 2.27. The molecule has 0 radical (unpaired) electrons. The van der Waals surface area contributed by atoms with Crippen LogP contribution in [-0.4, -0.2) is 9.55 Å². The average Bonchev–Trinajstić information content (AvgIpc) is 2.70. The first kappa shape index (κ1) is 11.4. The van der Waals surface area contributed by atoms with Gasteiger partial charge in [-0.25, -0.2) is 4.98 Å². The molecule has 0 spiro atoms. The third-order valence-electron chi connectivity index (χ3n) is 5.68. The summed E-state index contributed by atoms with van der Waals surface area (Å²) in [7, 11) is 0. The van der Waals surface area contributed by atoms with E-state index in [1.54, 1.807) is 0 Å². The van der Waals surface area contributed by atoms with Gasteiger partial charge in [-0.05, 0) is 56.3 Å². The molecule has 0 aromatic carbocycles. The highest BCUT2D eigenvalue weighted by Gasteiger charge is 2.53. The predicted molar refractivity (Wildman–Crippen MR) is 75.3 cm³/mol. The lowest BCUT2D eigenvalue weighted by Crippen LogP contribution is -2.49. The number of anilines is 1. The van der Waals surface area contributed by atoms with Crippen LogP contribution in [0.25, 0.3) is 0 Å². The zero-order valence-corrected chi connectivity index (χ0v) is 11.3. The molecule has 19 heavy (non-hydrogen) atoms. The molecule has 4 aliphatic carbocycles. The van der Waals surface area contributed by atoms with Crippen LogP contribution in [0.2, 0.25) is 0 Å². The van der Waals surface area contributed by atoms with Crippen LogP contribution in [0.15, 0.2) is 6.33 Å². The maximum atomic E-state index is 6.32. The fraction of sp³-hybridized carbons (Fsp3) is 0.688. The predicted octanol–water partition coefficient (Wildman–Crippen LogP) is 2.57. The van der Waals surface area contributed by atoms with Gasteiger partial charge in [-0.15, -0.1) is 6.42 Å². The summed E-state index contributed by atoms with van der Waals surface area (Å²) in [5.74, 6) is 6.23. The van der Waals surface area contributed by atoms with Crippen molar-refractivity contribution in [3.8, 4) is 12.3 Å². The molecule has 0 aliphatic heterocycles. The summed E-state index contributed by atoms with van der Waals surface area (Å²) >= 11 is 0. The number of nitrogen functional groups attached to an aromatic ring is 1. The van der Waals surface area contributed by atoms with E-state index in [-0.39, 0.29) is 5.41 Å². The minimum Gasteiger partial charge on any atom is -0.384 e.